The van der Waals surface area contributed by atoms with Gasteiger partial charge in [-0.05, 0) is 37.1 Å². The predicted molar refractivity (Wildman–Crippen MR) is 117 cm³/mol. The van der Waals surface area contributed by atoms with Crippen LogP contribution in [0.1, 0.15) is 18.4 Å². The van der Waals surface area contributed by atoms with Gasteiger partial charge in [-0.1, -0.05) is 12.1 Å². The van der Waals surface area contributed by atoms with Crippen LogP contribution in [0, 0.1) is 10.1 Å². The molecule has 1 aliphatic rings. The van der Waals surface area contributed by atoms with Crippen LogP contribution in [0.25, 0.3) is 0 Å². The fraction of sp³-hybridized carbons (Fsp3) is 0.200. The molecule has 1 aromatic heterocycles. The van der Waals surface area contributed by atoms with Crippen molar-refractivity contribution in [2.24, 2.45) is 5.10 Å². The summed E-state index contributed by atoms with van der Waals surface area (Å²) in [4.78, 5) is 25.7. The van der Waals surface area contributed by atoms with Crippen molar-refractivity contribution < 1.29 is 10.0 Å². The molecule has 11 heteroatoms. The summed E-state index contributed by atoms with van der Waals surface area (Å²) in [6.07, 6.45) is 3.59. The number of anilines is 4. The molecule has 0 atom stereocenters. The summed E-state index contributed by atoms with van der Waals surface area (Å²) in [5.74, 6) is 1.14. The van der Waals surface area contributed by atoms with Crippen molar-refractivity contribution >= 4 is 35.4 Å². The zero-order valence-corrected chi connectivity index (χ0v) is 16.5. The minimum Gasteiger partial charge on any atom is -0.507 e. The van der Waals surface area contributed by atoms with Crippen LogP contribution in [0.3, 0.4) is 0 Å². The molecular formula is C20H20N8O3. The van der Waals surface area contributed by atoms with Crippen molar-refractivity contribution in [1.82, 2.24) is 15.0 Å². The fourth-order valence-corrected chi connectivity index (χ4v) is 3.08. The van der Waals surface area contributed by atoms with Gasteiger partial charge in [0.05, 0.1) is 11.1 Å². The molecular weight excluding hydrogens is 400 g/mol. The number of nitrogens with zero attached hydrogens (tertiary/aromatic N) is 6. The number of hydrazone groups is 1. The minimum absolute atomic E-state index is 0.000176. The van der Waals surface area contributed by atoms with E-state index in [1.54, 1.807) is 36.4 Å². The molecule has 0 unspecified atom stereocenters. The van der Waals surface area contributed by atoms with E-state index in [1.165, 1.54) is 18.3 Å². The average molecular weight is 420 g/mol. The van der Waals surface area contributed by atoms with Gasteiger partial charge in [0.2, 0.25) is 17.8 Å². The quantitative estimate of drug-likeness (QED) is 0.298. The second-order valence-electron chi connectivity index (χ2n) is 6.83. The lowest BCUT2D eigenvalue weighted by Gasteiger charge is -2.16. The van der Waals surface area contributed by atoms with Crippen LogP contribution >= 0.6 is 0 Å². The number of hydrogen-bond acceptors (Lipinski definition) is 10. The number of aromatic nitrogens is 3. The number of phenolic OH excluding ortho intramolecular Hbond substituents is 1. The van der Waals surface area contributed by atoms with Gasteiger partial charge in [0, 0.05) is 36.5 Å². The highest BCUT2D eigenvalue weighted by molar-refractivity contribution is 5.83. The highest BCUT2D eigenvalue weighted by Gasteiger charge is 2.17. The molecule has 31 heavy (non-hydrogen) atoms. The molecule has 3 aromatic rings. The highest BCUT2D eigenvalue weighted by Crippen LogP contribution is 2.22. The van der Waals surface area contributed by atoms with Crippen molar-refractivity contribution in [3.05, 3.63) is 64.2 Å². The molecule has 3 N–H and O–H groups in total. The van der Waals surface area contributed by atoms with E-state index in [9.17, 15) is 15.2 Å². The molecule has 11 nitrogen and oxygen atoms in total. The van der Waals surface area contributed by atoms with Gasteiger partial charge >= 0.3 is 0 Å². The summed E-state index contributed by atoms with van der Waals surface area (Å²) >= 11 is 0. The molecule has 0 spiro atoms. The number of phenols is 1. The third kappa shape index (κ3) is 5.01. The SMILES string of the molecule is O=[N+]([O-])c1ccc(Nc2nc(NN=Cc3ccccc3O)nc(N3CCCC3)n2)cc1. The molecule has 1 saturated heterocycles. The number of hydrogen-bond donors (Lipinski definition) is 3. The normalized spacial score (nSPS) is 13.5. The lowest BCUT2D eigenvalue weighted by Crippen LogP contribution is -2.21. The number of nitro benzene ring substituents is 1. The molecule has 4 rings (SSSR count). The van der Waals surface area contributed by atoms with Crippen molar-refractivity contribution in [3.8, 4) is 5.75 Å². The average Bonchev–Trinajstić information content (AvgIpc) is 3.30. The molecule has 2 heterocycles. The summed E-state index contributed by atoms with van der Waals surface area (Å²) < 4.78 is 0. The van der Waals surface area contributed by atoms with Gasteiger partial charge in [-0.15, -0.1) is 0 Å². The van der Waals surface area contributed by atoms with E-state index in [0.717, 1.165) is 25.9 Å². The predicted octanol–water partition coefficient (Wildman–Crippen LogP) is 3.28. The fourth-order valence-electron chi connectivity index (χ4n) is 3.08. The van der Waals surface area contributed by atoms with E-state index >= 15 is 0 Å². The number of non-ortho nitro benzene ring substituents is 1. The van der Waals surface area contributed by atoms with Gasteiger partial charge in [-0.25, -0.2) is 5.43 Å². The van der Waals surface area contributed by atoms with Crippen LogP contribution in [0.5, 0.6) is 5.75 Å². The third-order valence-corrected chi connectivity index (χ3v) is 4.65. The van der Waals surface area contributed by atoms with Crippen molar-refractivity contribution in [3.63, 3.8) is 0 Å². The Morgan fingerprint density at radius 1 is 1.03 bits per heavy atom. The summed E-state index contributed by atoms with van der Waals surface area (Å²) in [6.45, 7) is 1.70. The maximum atomic E-state index is 10.8. The summed E-state index contributed by atoms with van der Waals surface area (Å²) in [5, 5.41) is 27.8. The first-order valence-corrected chi connectivity index (χ1v) is 9.68. The zero-order chi connectivity index (χ0) is 21.6. The van der Waals surface area contributed by atoms with E-state index < -0.39 is 4.92 Å². The molecule has 0 amide bonds. The minimum atomic E-state index is -0.456. The Bertz CT molecular complexity index is 1100. The maximum absolute atomic E-state index is 10.8. The Balaban J connectivity index is 1.56. The topological polar surface area (TPSA) is 142 Å². The Kier molecular flexibility index (Phi) is 5.83. The molecule has 0 saturated carbocycles. The second-order valence-corrected chi connectivity index (χ2v) is 6.83. The lowest BCUT2D eigenvalue weighted by molar-refractivity contribution is -0.384. The first-order valence-electron chi connectivity index (χ1n) is 9.68. The number of aromatic hydroxyl groups is 1. The van der Waals surface area contributed by atoms with E-state index in [2.05, 4.69) is 35.7 Å². The number of rotatable bonds is 7. The van der Waals surface area contributed by atoms with Gasteiger partial charge in [0.25, 0.3) is 5.69 Å². The van der Waals surface area contributed by atoms with E-state index in [1.807, 2.05) is 0 Å². The molecule has 158 valence electrons. The number of benzene rings is 2. The Morgan fingerprint density at radius 2 is 1.74 bits per heavy atom. The molecule has 0 radical (unpaired) electrons. The second kappa shape index (κ2) is 9.03. The van der Waals surface area contributed by atoms with Crippen molar-refractivity contribution in [2.75, 3.05) is 28.7 Å². The Morgan fingerprint density at radius 3 is 2.45 bits per heavy atom. The number of para-hydroxylation sites is 1. The summed E-state index contributed by atoms with van der Waals surface area (Å²) in [7, 11) is 0. The highest BCUT2D eigenvalue weighted by atomic mass is 16.6. The molecule has 1 fully saturated rings. The van der Waals surface area contributed by atoms with Gasteiger partial charge < -0.3 is 15.3 Å². The van der Waals surface area contributed by atoms with Crippen molar-refractivity contribution in [1.29, 1.82) is 0 Å². The van der Waals surface area contributed by atoms with Crippen LogP contribution in [-0.4, -0.2) is 44.3 Å². The third-order valence-electron chi connectivity index (χ3n) is 4.65. The zero-order valence-electron chi connectivity index (χ0n) is 16.5. The number of nitrogens with one attached hydrogen (secondary N) is 2. The van der Waals surface area contributed by atoms with Crippen LogP contribution < -0.4 is 15.6 Å². The van der Waals surface area contributed by atoms with Gasteiger partial charge in [-0.3, -0.25) is 10.1 Å². The molecule has 2 aromatic carbocycles. The first kappa shape index (κ1) is 20.0. The van der Waals surface area contributed by atoms with Gasteiger partial charge in [0.15, 0.2) is 0 Å². The van der Waals surface area contributed by atoms with E-state index in [-0.39, 0.29) is 23.3 Å². The monoisotopic (exact) mass is 420 g/mol. The molecule has 0 aliphatic carbocycles. The maximum Gasteiger partial charge on any atom is 0.269 e. The van der Waals surface area contributed by atoms with E-state index in [0.29, 0.717) is 17.2 Å². The van der Waals surface area contributed by atoms with Crippen LogP contribution in [0.15, 0.2) is 53.6 Å². The summed E-state index contributed by atoms with van der Waals surface area (Å²) in [5.41, 5.74) is 3.93. The van der Waals surface area contributed by atoms with Gasteiger partial charge in [-0.2, -0.15) is 20.1 Å². The Hall–Kier alpha value is -4.28. The largest absolute Gasteiger partial charge is 0.507 e. The van der Waals surface area contributed by atoms with E-state index in [4.69, 9.17) is 0 Å². The standard InChI is InChI=1S/C20H20N8O3/c29-17-6-2-1-5-14(17)13-21-26-19-23-18(24-20(25-19)27-11-3-4-12-27)22-15-7-9-16(10-8-15)28(30)31/h1-2,5-10,13,29H,3-4,11-12H2,(H2,22,23,24,25,26). The van der Waals surface area contributed by atoms with Gasteiger partial charge in [0.1, 0.15) is 5.75 Å². The number of nitro groups is 1. The van der Waals surface area contributed by atoms with Crippen LogP contribution in [-0.2, 0) is 0 Å². The smallest absolute Gasteiger partial charge is 0.269 e. The molecule has 1 aliphatic heterocycles. The summed E-state index contributed by atoms with van der Waals surface area (Å²) in [6, 6.07) is 12.8. The lowest BCUT2D eigenvalue weighted by atomic mass is 10.2. The van der Waals surface area contributed by atoms with Crippen LogP contribution in [0.4, 0.5) is 29.2 Å². The Labute approximate surface area is 177 Å². The van der Waals surface area contributed by atoms with Crippen LogP contribution in [0.2, 0.25) is 0 Å². The first-order chi connectivity index (χ1) is 15.1. The van der Waals surface area contributed by atoms with Crippen molar-refractivity contribution in [2.45, 2.75) is 12.8 Å². The molecule has 0 bridgehead atoms.